The third-order valence-electron chi connectivity index (χ3n) is 1.86. The fourth-order valence-corrected chi connectivity index (χ4v) is 1.44. The standard InChI is InChI=1S/C8H7ClN4O2/c1-15-7(14)4-2-3-5(9)12-8(10)13-6(3)11-4/h2H,1H3,(H3,10,11,12,13). The summed E-state index contributed by atoms with van der Waals surface area (Å²) in [6.07, 6.45) is 0. The molecule has 0 bridgehead atoms. The number of aromatic amines is 1. The third-order valence-corrected chi connectivity index (χ3v) is 2.15. The topological polar surface area (TPSA) is 93.9 Å². The van der Waals surface area contributed by atoms with E-state index in [-0.39, 0.29) is 16.8 Å². The molecule has 0 aliphatic heterocycles. The largest absolute Gasteiger partial charge is 0.464 e. The van der Waals surface area contributed by atoms with Crippen LogP contribution in [0.4, 0.5) is 5.95 Å². The van der Waals surface area contributed by atoms with Gasteiger partial charge in [-0.25, -0.2) is 9.78 Å². The Morgan fingerprint density at radius 1 is 1.60 bits per heavy atom. The van der Waals surface area contributed by atoms with Crippen molar-refractivity contribution in [3.63, 3.8) is 0 Å². The molecule has 7 heteroatoms. The summed E-state index contributed by atoms with van der Waals surface area (Å²) in [4.78, 5) is 21.6. The number of nitrogens with one attached hydrogen (secondary N) is 1. The number of nitrogens with two attached hydrogens (primary N) is 1. The van der Waals surface area contributed by atoms with E-state index in [1.807, 2.05) is 0 Å². The monoisotopic (exact) mass is 226 g/mol. The van der Waals surface area contributed by atoms with E-state index in [2.05, 4.69) is 19.7 Å². The van der Waals surface area contributed by atoms with Crippen molar-refractivity contribution >= 4 is 34.6 Å². The van der Waals surface area contributed by atoms with Gasteiger partial charge in [0.25, 0.3) is 0 Å². The van der Waals surface area contributed by atoms with Gasteiger partial charge >= 0.3 is 5.97 Å². The minimum absolute atomic E-state index is 0.0470. The second-order valence-corrected chi connectivity index (χ2v) is 3.17. The first-order valence-electron chi connectivity index (χ1n) is 4.02. The van der Waals surface area contributed by atoms with Crippen LogP contribution in [0.15, 0.2) is 6.07 Å². The lowest BCUT2D eigenvalue weighted by molar-refractivity contribution is 0.0595. The number of aromatic nitrogens is 3. The van der Waals surface area contributed by atoms with E-state index >= 15 is 0 Å². The Hall–Kier alpha value is -1.82. The molecule has 2 aromatic rings. The highest BCUT2D eigenvalue weighted by Gasteiger charge is 2.13. The number of ether oxygens (including phenoxy) is 1. The zero-order chi connectivity index (χ0) is 11.0. The number of hydrogen-bond acceptors (Lipinski definition) is 5. The molecule has 0 unspecified atom stereocenters. The smallest absolute Gasteiger partial charge is 0.354 e. The van der Waals surface area contributed by atoms with Crippen LogP contribution in [-0.2, 0) is 4.74 Å². The second-order valence-electron chi connectivity index (χ2n) is 2.81. The molecule has 2 rings (SSSR count). The molecule has 2 heterocycles. The number of hydrogen-bond donors (Lipinski definition) is 2. The summed E-state index contributed by atoms with van der Waals surface area (Å²) < 4.78 is 4.54. The van der Waals surface area contributed by atoms with Gasteiger partial charge in [0.15, 0.2) is 0 Å². The molecule has 0 aromatic carbocycles. The number of H-pyrrole nitrogens is 1. The number of halogens is 1. The molecule has 0 fully saturated rings. The van der Waals surface area contributed by atoms with Crippen molar-refractivity contribution in [3.8, 4) is 0 Å². The van der Waals surface area contributed by atoms with Crippen LogP contribution < -0.4 is 5.73 Å². The van der Waals surface area contributed by atoms with Gasteiger partial charge in [-0.3, -0.25) is 0 Å². The van der Waals surface area contributed by atoms with Gasteiger partial charge in [0.05, 0.1) is 12.5 Å². The number of nitrogen functional groups attached to an aromatic ring is 1. The predicted molar refractivity (Wildman–Crippen MR) is 54.7 cm³/mol. The molecule has 6 nitrogen and oxygen atoms in total. The number of fused-ring (bicyclic) bond motifs is 1. The van der Waals surface area contributed by atoms with E-state index in [1.165, 1.54) is 13.2 Å². The summed E-state index contributed by atoms with van der Waals surface area (Å²) >= 11 is 5.82. The zero-order valence-electron chi connectivity index (χ0n) is 7.74. The van der Waals surface area contributed by atoms with Crippen LogP contribution in [0.2, 0.25) is 5.15 Å². The first-order chi connectivity index (χ1) is 7.11. The van der Waals surface area contributed by atoms with Crippen LogP contribution in [0.5, 0.6) is 0 Å². The summed E-state index contributed by atoms with van der Waals surface area (Å²) in [5, 5.41) is 0.732. The minimum atomic E-state index is -0.498. The van der Waals surface area contributed by atoms with Crippen LogP contribution in [0.1, 0.15) is 10.5 Å². The van der Waals surface area contributed by atoms with Crippen molar-refractivity contribution < 1.29 is 9.53 Å². The molecule has 0 saturated carbocycles. The molecule has 0 aliphatic rings. The fraction of sp³-hybridized carbons (Fsp3) is 0.125. The van der Waals surface area contributed by atoms with Gasteiger partial charge in [0.2, 0.25) is 5.95 Å². The van der Waals surface area contributed by atoms with Gasteiger partial charge in [-0.1, -0.05) is 11.6 Å². The normalized spacial score (nSPS) is 10.5. The zero-order valence-corrected chi connectivity index (χ0v) is 8.50. The van der Waals surface area contributed by atoms with Gasteiger partial charge in [-0.15, -0.1) is 0 Å². The number of nitrogens with zero attached hydrogens (tertiary/aromatic N) is 2. The Labute approximate surface area is 89.4 Å². The summed E-state index contributed by atoms with van der Waals surface area (Å²) in [5.74, 6) is -0.451. The Balaban J connectivity index is 2.65. The first kappa shape index (κ1) is 9.72. The van der Waals surface area contributed by atoms with E-state index < -0.39 is 5.97 Å². The van der Waals surface area contributed by atoms with E-state index in [1.54, 1.807) is 0 Å². The molecule has 0 radical (unpaired) electrons. The maximum absolute atomic E-state index is 11.2. The average molecular weight is 227 g/mol. The van der Waals surface area contributed by atoms with Crippen molar-refractivity contribution in [2.24, 2.45) is 0 Å². The lowest BCUT2D eigenvalue weighted by atomic mass is 10.3. The second kappa shape index (κ2) is 3.39. The average Bonchev–Trinajstić information content (AvgIpc) is 2.60. The van der Waals surface area contributed by atoms with Crippen LogP contribution in [0.3, 0.4) is 0 Å². The quantitative estimate of drug-likeness (QED) is 0.558. The summed E-state index contributed by atoms with van der Waals surface area (Å²) in [6.45, 7) is 0. The Bertz CT molecular complexity index is 537. The van der Waals surface area contributed by atoms with E-state index in [0.29, 0.717) is 11.0 Å². The molecule has 2 aromatic heterocycles. The Kier molecular flexibility index (Phi) is 2.20. The van der Waals surface area contributed by atoms with Gasteiger partial charge in [-0.2, -0.15) is 4.98 Å². The molecule has 0 saturated heterocycles. The SMILES string of the molecule is COC(=O)c1cc2c(Cl)nc(N)nc2[nH]1. The number of anilines is 1. The van der Waals surface area contributed by atoms with E-state index in [4.69, 9.17) is 17.3 Å². The molecule has 0 atom stereocenters. The highest BCUT2D eigenvalue weighted by molar-refractivity contribution is 6.34. The number of methoxy groups -OCH3 is 1. The van der Waals surface area contributed by atoms with Crippen molar-refractivity contribution in [3.05, 3.63) is 16.9 Å². The first-order valence-corrected chi connectivity index (χ1v) is 4.39. The van der Waals surface area contributed by atoms with Crippen LogP contribution in [-0.4, -0.2) is 28.0 Å². The molecular weight excluding hydrogens is 220 g/mol. The minimum Gasteiger partial charge on any atom is -0.464 e. The van der Waals surface area contributed by atoms with E-state index in [0.717, 1.165) is 0 Å². The molecule has 0 spiro atoms. The van der Waals surface area contributed by atoms with Crippen LogP contribution in [0.25, 0.3) is 11.0 Å². The third kappa shape index (κ3) is 1.59. The van der Waals surface area contributed by atoms with Gasteiger partial charge in [0.1, 0.15) is 16.5 Å². The van der Waals surface area contributed by atoms with Crippen molar-refractivity contribution in [1.29, 1.82) is 0 Å². The molecule has 78 valence electrons. The maximum atomic E-state index is 11.2. The molecule has 15 heavy (non-hydrogen) atoms. The Morgan fingerprint density at radius 2 is 2.33 bits per heavy atom. The summed E-state index contributed by atoms with van der Waals surface area (Å²) in [6, 6.07) is 1.52. The number of carbonyl (C=O) groups excluding carboxylic acids is 1. The molecular formula is C8H7ClN4O2. The lowest BCUT2D eigenvalue weighted by Crippen LogP contribution is -2.00. The number of esters is 1. The van der Waals surface area contributed by atoms with E-state index in [9.17, 15) is 4.79 Å². The number of rotatable bonds is 1. The summed E-state index contributed by atoms with van der Waals surface area (Å²) in [5.41, 5.74) is 6.07. The van der Waals surface area contributed by atoms with Gasteiger partial charge in [-0.05, 0) is 6.07 Å². The highest BCUT2D eigenvalue weighted by Crippen LogP contribution is 2.22. The van der Waals surface area contributed by atoms with Crippen molar-refractivity contribution in [2.45, 2.75) is 0 Å². The van der Waals surface area contributed by atoms with Crippen molar-refractivity contribution in [1.82, 2.24) is 15.0 Å². The van der Waals surface area contributed by atoms with Crippen molar-refractivity contribution in [2.75, 3.05) is 12.8 Å². The Morgan fingerprint density at radius 3 is 3.00 bits per heavy atom. The predicted octanol–water partition coefficient (Wildman–Crippen LogP) is 0.980. The van der Waals surface area contributed by atoms with Gasteiger partial charge in [0, 0.05) is 0 Å². The lowest BCUT2D eigenvalue weighted by Gasteiger charge is -1.93. The molecule has 0 amide bonds. The maximum Gasteiger partial charge on any atom is 0.354 e. The van der Waals surface area contributed by atoms with Crippen LogP contribution >= 0.6 is 11.6 Å². The highest BCUT2D eigenvalue weighted by atomic mass is 35.5. The molecule has 3 N–H and O–H groups in total. The number of carbonyl (C=O) groups is 1. The summed E-state index contributed by atoms with van der Waals surface area (Å²) in [7, 11) is 1.29. The fourth-order valence-electron chi connectivity index (χ4n) is 1.21. The molecule has 0 aliphatic carbocycles. The van der Waals surface area contributed by atoms with Gasteiger partial charge < -0.3 is 15.5 Å². The van der Waals surface area contributed by atoms with Crippen LogP contribution in [0, 0.1) is 0 Å².